The zero-order valence-electron chi connectivity index (χ0n) is 11.9. The number of hydrogen-bond acceptors (Lipinski definition) is 5. The highest BCUT2D eigenvalue weighted by atomic mass is 79.9. The smallest absolute Gasteiger partial charge is 0.396 e. The largest absolute Gasteiger partial charge is 0.433 e. The van der Waals surface area contributed by atoms with Crippen LogP contribution in [0, 0.1) is 0 Å². The Balaban J connectivity index is 2.28. The van der Waals surface area contributed by atoms with Gasteiger partial charge in [-0.25, -0.2) is 4.98 Å². The standard InChI is InChI=1S/C14H14BrF3N4O/c15-9-3-1-4-10(7-9)20-12-8-11(14(16,17)18)21-13(22-12)19-5-2-6-23/h1,3-4,7-8,23H,2,5-6H2,(H2,19,20,21,22). The van der Waals surface area contributed by atoms with E-state index in [9.17, 15) is 13.2 Å². The summed E-state index contributed by atoms with van der Waals surface area (Å²) in [6.07, 6.45) is -4.20. The molecule has 0 bridgehead atoms. The van der Waals surface area contributed by atoms with Gasteiger partial charge in [-0.3, -0.25) is 0 Å². The van der Waals surface area contributed by atoms with Crippen LogP contribution in [0.5, 0.6) is 0 Å². The number of aliphatic hydroxyl groups excluding tert-OH is 1. The molecule has 1 aromatic carbocycles. The van der Waals surface area contributed by atoms with Gasteiger partial charge < -0.3 is 15.7 Å². The van der Waals surface area contributed by atoms with Crippen LogP contribution in [0.4, 0.5) is 30.6 Å². The molecule has 5 nitrogen and oxygen atoms in total. The molecule has 0 radical (unpaired) electrons. The fourth-order valence-corrected chi connectivity index (χ4v) is 2.13. The molecule has 2 rings (SSSR count). The molecule has 1 aromatic heterocycles. The predicted octanol–water partition coefficient (Wildman–Crippen LogP) is 3.80. The molecule has 2 aromatic rings. The van der Waals surface area contributed by atoms with Crippen LogP contribution in [0.15, 0.2) is 34.8 Å². The fraction of sp³-hybridized carbons (Fsp3) is 0.286. The van der Waals surface area contributed by atoms with Crippen molar-refractivity contribution in [3.8, 4) is 0 Å². The van der Waals surface area contributed by atoms with Gasteiger partial charge in [-0.15, -0.1) is 0 Å². The van der Waals surface area contributed by atoms with E-state index in [1.54, 1.807) is 24.3 Å². The lowest BCUT2D eigenvalue weighted by Gasteiger charge is -2.12. The Bertz CT molecular complexity index is 667. The molecule has 9 heteroatoms. The van der Waals surface area contributed by atoms with Gasteiger partial charge in [0.05, 0.1) is 0 Å². The number of nitrogens with one attached hydrogen (secondary N) is 2. The van der Waals surface area contributed by atoms with Gasteiger partial charge in [0, 0.05) is 29.4 Å². The Hall–Kier alpha value is -1.87. The summed E-state index contributed by atoms with van der Waals surface area (Å²) in [5.41, 5.74) is -0.455. The number of rotatable bonds is 6. The highest BCUT2D eigenvalue weighted by molar-refractivity contribution is 9.10. The molecule has 0 fully saturated rings. The van der Waals surface area contributed by atoms with E-state index in [4.69, 9.17) is 5.11 Å². The monoisotopic (exact) mass is 390 g/mol. The molecule has 0 atom stereocenters. The summed E-state index contributed by atoms with van der Waals surface area (Å²) in [6.45, 7) is 0.198. The van der Waals surface area contributed by atoms with Gasteiger partial charge in [0.15, 0.2) is 5.69 Å². The Kier molecular flexibility index (Phi) is 5.78. The van der Waals surface area contributed by atoms with Crippen molar-refractivity contribution < 1.29 is 18.3 Å². The van der Waals surface area contributed by atoms with Crippen molar-refractivity contribution in [3.05, 3.63) is 40.5 Å². The molecule has 0 saturated carbocycles. The fourth-order valence-electron chi connectivity index (χ4n) is 1.73. The first-order valence-corrected chi connectivity index (χ1v) is 7.51. The highest BCUT2D eigenvalue weighted by Gasteiger charge is 2.33. The summed E-state index contributed by atoms with van der Waals surface area (Å²) >= 11 is 3.29. The Morgan fingerprint density at radius 3 is 2.61 bits per heavy atom. The highest BCUT2D eigenvalue weighted by Crippen LogP contribution is 2.30. The van der Waals surface area contributed by atoms with Gasteiger partial charge in [-0.2, -0.15) is 18.2 Å². The van der Waals surface area contributed by atoms with E-state index in [1.807, 2.05) is 0 Å². The third kappa shape index (κ3) is 5.36. The second-order valence-electron chi connectivity index (χ2n) is 4.60. The van der Waals surface area contributed by atoms with Crippen molar-refractivity contribution in [2.24, 2.45) is 0 Å². The average molecular weight is 391 g/mol. The third-order valence-electron chi connectivity index (χ3n) is 2.73. The SMILES string of the molecule is OCCCNc1nc(Nc2cccc(Br)c2)cc(C(F)(F)F)n1. The summed E-state index contributed by atoms with van der Waals surface area (Å²) in [6, 6.07) is 7.82. The maximum absolute atomic E-state index is 12.9. The van der Waals surface area contributed by atoms with Crippen molar-refractivity contribution in [1.29, 1.82) is 0 Å². The Labute approximate surface area is 139 Å². The van der Waals surface area contributed by atoms with Crippen LogP contribution in [0.3, 0.4) is 0 Å². The van der Waals surface area contributed by atoms with E-state index in [2.05, 4.69) is 36.5 Å². The summed E-state index contributed by atoms with van der Waals surface area (Å²) < 4.78 is 39.6. The summed E-state index contributed by atoms with van der Waals surface area (Å²) in [7, 11) is 0. The first kappa shape index (κ1) is 17.5. The minimum Gasteiger partial charge on any atom is -0.396 e. The number of hydrogen-bond donors (Lipinski definition) is 3. The van der Waals surface area contributed by atoms with Crippen molar-refractivity contribution in [2.75, 3.05) is 23.8 Å². The van der Waals surface area contributed by atoms with Crippen LogP contribution in [0.2, 0.25) is 0 Å². The number of alkyl halides is 3. The van der Waals surface area contributed by atoms with Crippen LogP contribution in [0.25, 0.3) is 0 Å². The zero-order valence-corrected chi connectivity index (χ0v) is 13.4. The number of aliphatic hydroxyl groups is 1. The van der Waals surface area contributed by atoms with Crippen molar-refractivity contribution in [3.63, 3.8) is 0 Å². The number of aromatic nitrogens is 2. The molecule has 124 valence electrons. The summed E-state index contributed by atoms with van der Waals surface area (Å²) in [4.78, 5) is 7.47. The lowest BCUT2D eigenvalue weighted by atomic mass is 10.3. The van der Waals surface area contributed by atoms with Gasteiger partial charge >= 0.3 is 6.18 Å². The average Bonchev–Trinajstić information content (AvgIpc) is 2.46. The van der Waals surface area contributed by atoms with Crippen LogP contribution >= 0.6 is 15.9 Å². The maximum atomic E-state index is 12.9. The van der Waals surface area contributed by atoms with Crippen LogP contribution in [-0.4, -0.2) is 28.2 Å². The first-order chi connectivity index (χ1) is 10.9. The van der Waals surface area contributed by atoms with Crippen LogP contribution < -0.4 is 10.6 Å². The van der Waals surface area contributed by atoms with Gasteiger partial charge in [-0.1, -0.05) is 22.0 Å². The second-order valence-corrected chi connectivity index (χ2v) is 5.51. The molecule has 3 N–H and O–H groups in total. The van der Waals surface area contributed by atoms with Gasteiger partial charge in [0.25, 0.3) is 0 Å². The summed E-state index contributed by atoms with van der Waals surface area (Å²) in [5.74, 6) is -0.123. The number of halogens is 4. The molecule has 0 aliphatic carbocycles. The maximum Gasteiger partial charge on any atom is 0.433 e. The van der Waals surface area contributed by atoms with E-state index in [1.165, 1.54) is 0 Å². The molecule has 1 heterocycles. The lowest BCUT2D eigenvalue weighted by molar-refractivity contribution is -0.141. The van der Waals surface area contributed by atoms with Gasteiger partial charge in [0.2, 0.25) is 5.95 Å². The number of benzene rings is 1. The molecule has 0 spiro atoms. The van der Waals surface area contributed by atoms with E-state index in [0.717, 1.165) is 10.5 Å². The molecule has 0 saturated heterocycles. The van der Waals surface area contributed by atoms with Gasteiger partial charge in [0.1, 0.15) is 5.82 Å². The molecule has 0 aliphatic heterocycles. The van der Waals surface area contributed by atoms with Crippen LogP contribution in [-0.2, 0) is 6.18 Å². The zero-order chi connectivity index (χ0) is 16.9. The minimum absolute atomic E-state index is 0.0249. The number of nitrogens with zero attached hydrogens (tertiary/aromatic N) is 2. The quantitative estimate of drug-likeness (QED) is 0.654. The second kappa shape index (κ2) is 7.60. The van der Waals surface area contributed by atoms with Crippen molar-refractivity contribution in [1.82, 2.24) is 9.97 Å². The predicted molar refractivity (Wildman–Crippen MR) is 84.7 cm³/mol. The molecule has 23 heavy (non-hydrogen) atoms. The third-order valence-corrected chi connectivity index (χ3v) is 3.22. The molecule has 0 aliphatic rings. The molecule has 0 unspecified atom stereocenters. The van der Waals surface area contributed by atoms with Gasteiger partial charge in [-0.05, 0) is 24.6 Å². The van der Waals surface area contributed by atoms with Crippen molar-refractivity contribution in [2.45, 2.75) is 12.6 Å². The minimum atomic E-state index is -4.58. The van der Waals surface area contributed by atoms with E-state index < -0.39 is 11.9 Å². The normalized spacial score (nSPS) is 11.3. The molecular formula is C14H14BrF3N4O. The lowest BCUT2D eigenvalue weighted by Crippen LogP contribution is -2.14. The first-order valence-electron chi connectivity index (χ1n) is 6.72. The summed E-state index contributed by atoms with van der Waals surface area (Å²) in [5, 5.41) is 14.2. The number of anilines is 3. The van der Waals surface area contributed by atoms with E-state index in [-0.39, 0.29) is 24.9 Å². The molecule has 0 amide bonds. The van der Waals surface area contributed by atoms with E-state index in [0.29, 0.717) is 12.1 Å². The topological polar surface area (TPSA) is 70.1 Å². The Morgan fingerprint density at radius 1 is 1.17 bits per heavy atom. The van der Waals surface area contributed by atoms with Crippen LogP contribution in [0.1, 0.15) is 12.1 Å². The van der Waals surface area contributed by atoms with Crippen molar-refractivity contribution >= 4 is 33.4 Å². The molecular weight excluding hydrogens is 377 g/mol. The Morgan fingerprint density at radius 2 is 1.96 bits per heavy atom. The van der Waals surface area contributed by atoms with E-state index >= 15 is 0 Å².